The van der Waals surface area contributed by atoms with E-state index in [0.29, 0.717) is 5.57 Å². The van der Waals surface area contributed by atoms with Gasteiger partial charge in [0.1, 0.15) is 0 Å². The summed E-state index contributed by atoms with van der Waals surface area (Å²) in [5.74, 6) is -0.321. The molecule has 0 aliphatic heterocycles. The summed E-state index contributed by atoms with van der Waals surface area (Å²) >= 11 is 5.75. The van der Waals surface area contributed by atoms with Crippen molar-refractivity contribution in [3.63, 3.8) is 0 Å². The van der Waals surface area contributed by atoms with Gasteiger partial charge in [0.15, 0.2) is 5.78 Å². The van der Waals surface area contributed by atoms with E-state index >= 15 is 0 Å². The third-order valence-electron chi connectivity index (χ3n) is 2.76. The van der Waals surface area contributed by atoms with Crippen molar-refractivity contribution in [3.05, 3.63) is 52.6 Å². The molecule has 20 heavy (non-hydrogen) atoms. The molecule has 0 atom stereocenters. The van der Waals surface area contributed by atoms with Crippen LogP contribution in [0, 0.1) is 6.92 Å². The predicted molar refractivity (Wildman–Crippen MR) is 78.5 cm³/mol. The summed E-state index contributed by atoms with van der Waals surface area (Å²) in [7, 11) is -3.81. The molecule has 0 saturated heterocycles. The average Bonchev–Trinajstić information content (AvgIpc) is 2.36. The van der Waals surface area contributed by atoms with Crippen molar-refractivity contribution in [1.82, 2.24) is 0 Å². The standard InChI is InChI=1S/C14H12ClNO3S/c1-9-3-5-12(6-4-9)20(18,19)16-11-7-10(2)14(17)13(15)8-11/h3-8H,1-2H3. The minimum absolute atomic E-state index is 0.0390. The van der Waals surface area contributed by atoms with Gasteiger partial charge in [0.05, 0.1) is 15.6 Å². The average molecular weight is 310 g/mol. The molecule has 0 bridgehead atoms. The Labute approximate surface area is 122 Å². The van der Waals surface area contributed by atoms with Crippen molar-refractivity contribution < 1.29 is 13.2 Å². The molecule has 1 aliphatic carbocycles. The topological polar surface area (TPSA) is 63.6 Å². The maximum atomic E-state index is 12.1. The fourth-order valence-corrected chi connectivity index (χ4v) is 2.90. The molecule has 0 unspecified atom stereocenters. The first-order chi connectivity index (χ1) is 9.29. The van der Waals surface area contributed by atoms with Gasteiger partial charge >= 0.3 is 0 Å². The van der Waals surface area contributed by atoms with Crippen LogP contribution in [-0.4, -0.2) is 19.9 Å². The number of hydrogen-bond acceptors (Lipinski definition) is 3. The van der Waals surface area contributed by atoms with Gasteiger partial charge in [0.25, 0.3) is 10.0 Å². The first-order valence-corrected chi connectivity index (χ1v) is 7.63. The molecular formula is C14H12ClNO3S. The fourth-order valence-electron chi connectivity index (χ4n) is 1.67. The number of nitrogens with zero attached hydrogens (tertiary/aromatic N) is 1. The number of carbonyl (C=O) groups is 1. The number of sulfonamides is 1. The molecule has 0 fully saturated rings. The molecule has 0 saturated carbocycles. The van der Waals surface area contributed by atoms with Crippen LogP contribution in [0.3, 0.4) is 0 Å². The highest BCUT2D eigenvalue weighted by Crippen LogP contribution is 2.19. The van der Waals surface area contributed by atoms with E-state index in [0.717, 1.165) is 5.56 Å². The zero-order chi connectivity index (χ0) is 14.9. The molecule has 0 aromatic heterocycles. The Kier molecular flexibility index (Phi) is 3.92. The minimum Gasteiger partial charge on any atom is -0.288 e. The molecular weight excluding hydrogens is 298 g/mol. The van der Waals surface area contributed by atoms with E-state index in [9.17, 15) is 13.2 Å². The molecule has 1 aliphatic rings. The predicted octanol–water partition coefficient (Wildman–Crippen LogP) is 2.78. The normalized spacial score (nSPS) is 17.9. The third-order valence-corrected chi connectivity index (χ3v) is 4.36. The van der Waals surface area contributed by atoms with Gasteiger partial charge in [0, 0.05) is 5.57 Å². The van der Waals surface area contributed by atoms with Crippen LogP contribution in [0.5, 0.6) is 0 Å². The van der Waals surface area contributed by atoms with Gasteiger partial charge in [-0.2, -0.15) is 12.8 Å². The number of carbonyl (C=O) groups excluding carboxylic acids is 1. The molecule has 0 N–H and O–H groups in total. The van der Waals surface area contributed by atoms with Crippen LogP contribution >= 0.6 is 11.6 Å². The van der Waals surface area contributed by atoms with Gasteiger partial charge in [-0.15, -0.1) is 0 Å². The quantitative estimate of drug-likeness (QED) is 0.789. The summed E-state index contributed by atoms with van der Waals surface area (Å²) in [5.41, 5.74) is 1.46. The molecule has 0 heterocycles. The van der Waals surface area contributed by atoms with E-state index < -0.39 is 10.0 Å². The maximum absolute atomic E-state index is 12.1. The maximum Gasteiger partial charge on any atom is 0.282 e. The number of rotatable bonds is 2. The molecule has 0 radical (unpaired) electrons. The van der Waals surface area contributed by atoms with E-state index in [4.69, 9.17) is 11.6 Å². The van der Waals surface area contributed by atoms with Gasteiger partial charge in [-0.25, -0.2) is 0 Å². The van der Waals surface area contributed by atoms with Gasteiger partial charge in [-0.1, -0.05) is 29.3 Å². The van der Waals surface area contributed by atoms with E-state index in [-0.39, 0.29) is 21.4 Å². The van der Waals surface area contributed by atoms with Crippen LogP contribution in [0.25, 0.3) is 0 Å². The second kappa shape index (κ2) is 5.34. The molecule has 1 aromatic carbocycles. The lowest BCUT2D eigenvalue weighted by molar-refractivity contribution is -0.111. The SMILES string of the molecule is CC1=CC(=NS(=O)(=O)c2ccc(C)cc2)C=C(Cl)C1=O. The first-order valence-electron chi connectivity index (χ1n) is 5.81. The van der Waals surface area contributed by atoms with Crippen molar-refractivity contribution in [1.29, 1.82) is 0 Å². The lowest BCUT2D eigenvalue weighted by Crippen LogP contribution is -2.11. The highest BCUT2D eigenvalue weighted by atomic mass is 35.5. The number of aryl methyl sites for hydroxylation is 1. The summed E-state index contributed by atoms with van der Waals surface area (Å²) in [6, 6.07) is 6.37. The van der Waals surface area contributed by atoms with Crippen LogP contribution in [0.2, 0.25) is 0 Å². The third kappa shape index (κ3) is 3.05. The van der Waals surface area contributed by atoms with Gasteiger partial charge in [-0.05, 0) is 38.1 Å². The van der Waals surface area contributed by atoms with E-state index in [2.05, 4.69) is 4.40 Å². The highest BCUT2D eigenvalue weighted by molar-refractivity contribution is 7.90. The van der Waals surface area contributed by atoms with Crippen LogP contribution < -0.4 is 0 Å². The van der Waals surface area contributed by atoms with Crippen LogP contribution in [0.4, 0.5) is 0 Å². The number of allylic oxidation sites excluding steroid dienone is 4. The molecule has 104 valence electrons. The number of halogens is 1. The number of benzene rings is 1. The highest BCUT2D eigenvalue weighted by Gasteiger charge is 2.18. The first kappa shape index (κ1) is 14.7. The van der Waals surface area contributed by atoms with Gasteiger partial charge < -0.3 is 0 Å². The second-order valence-corrected chi connectivity index (χ2v) is 6.46. The lowest BCUT2D eigenvalue weighted by Gasteiger charge is -2.07. The molecule has 0 spiro atoms. The van der Waals surface area contributed by atoms with Crippen LogP contribution in [0.15, 0.2) is 56.3 Å². The van der Waals surface area contributed by atoms with E-state index in [1.54, 1.807) is 19.1 Å². The van der Waals surface area contributed by atoms with Crippen LogP contribution in [-0.2, 0) is 14.8 Å². The Bertz CT molecular complexity index is 732. The van der Waals surface area contributed by atoms with Gasteiger partial charge in [0.2, 0.25) is 0 Å². The lowest BCUT2D eigenvalue weighted by atomic mass is 10.1. The summed E-state index contributed by atoms with van der Waals surface area (Å²) in [6.07, 6.45) is 2.66. The Morgan fingerprint density at radius 2 is 1.65 bits per heavy atom. The Morgan fingerprint density at radius 1 is 1.05 bits per heavy atom. The zero-order valence-corrected chi connectivity index (χ0v) is 12.5. The smallest absolute Gasteiger partial charge is 0.282 e. The van der Waals surface area contributed by atoms with Gasteiger partial charge in [-0.3, -0.25) is 4.79 Å². The zero-order valence-electron chi connectivity index (χ0n) is 10.9. The Morgan fingerprint density at radius 3 is 2.20 bits per heavy atom. The number of ketones is 1. The Hall–Kier alpha value is -1.72. The molecule has 0 amide bonds. The monoisotopic (exact) mass is 309 g/mol. The van der Waals surface area contributed by atoms with Crippen molar-refractivity contribution in [2.75, 3.05) is 0 Å². The molecule has 2 rings (SSSR count). The second-order valence-electron chi connectivity index (χ2n) is 4.45. The minimum atomic E-state index is -3.81. The molecule has 6 heteroatoms. The van der Waals surface area contributed by atoms with E-state index in [1.165, 1.54) is 24.3 Å². The summed E-state index contributed by atoms with van der Waals surface area (Å²) in [5, 5.41) is -0.0390. The largest absolute Gasteiger partial charge is 0.288 e. The summed E-state index contributed by atoms with van der Waals surface area (Å²) in [4.78, 5) is 11.6. The van der Waals surface area contributed by atoms with Crippen molar-refractivity contribution >= 4 is 33.1 Å². The van der Waals surface area contributed by atoms with Crippen molar-refractivity contribution in [3.8, 4) is 0 Å². The number of hydrogen-bond donors (Lipinski definition) is 0. The summed E-state index contributed by atoms with van der Waals surface area (Å²) in [6.45, 7) is 3.43. The van der Waals surface area contributed by atoms with Crippen LogP contribution in [0.1, 0.15) is 12.5 Å². The van der Waals surface area contributed by atoms with Crippen molar-refractivity contribution in [2.24, 2.45) is 4.40 Å². The number of Topliss-reactive ketones (excluding diaryl/α,β-unsaturated/α-hetero) is 1. The fraction of sp³-hybridized carbons (Fsp3) is 0.143. The van der Waals surface area contributed by atoms with Crippen molar-refractivity contribution in [2.45, 2.75) is 18.7 Å². The summed E-state index contributed by atoms with van der Waals surface area (Å²) < 4.78 is 28.0. The van der Waals surface area contributed by atoms with E-state index in [1.807, 2.05) is 6.92 Å². The molecule has 4 nitrogen and oxygen atoms in total. The molecule has 1 aromatic rings. The Balaban J connectivity index is 2.44.